The Balaban J connectivity index is 0.000000509. The van der Waals surface area contributed by atoms with Gasteiger partial charge >= 0.3 is 12.1 Å². The molecule has 2 aromatic rings. The molecule has 12 heteroatoms. The summed E-state index contributed by atoms with van der Waals surface area (Å²) in [6.07, 6.45) is -0.978. The molecule has 1 aromatic carbocycles. The smallest absolute Gasteiger partial charge is 0.475 e. The van der Waals surface area contributed by atoms with Gasteiger partial charge in [-0.3, -0.25) is 14.4 Å². The fraction of sp³-hybridized carbons (Fsp3) is 0.500. The van der Waals surface area contributed by atoms with Gasteiger partial charge in [-0.2, -0.15) is 18.3 Å². The monoisotopic (exact) mass is 485 g/mol. The fourth-order valence-electron chi connectivity index (χ4n) is 3.28. The van der Waals surface area contributed by atoms with E-state index in [9.17, 15) is 18.0 Å². The van der Waals surface area contributed by atoms with Gasteiger partial charge in [0.2, 0.25) is 5.91 Å². The number of nitrogens with one attached hydrogen (secondary N) is 1. The molecule has 1 aromatic heterocycles. The highest BCUT2D eigenvalue weighted by molar-refractivity contribution is 5.82. The third-order valence-electron chi connectivity index (χ3n) is 5.13. The Kier molecular flexibility index (Phi) is 10.0. The number of hydrogen-bond donors (Lipinski definition) is 3. The van der Waals surface area contributed by atoms with Gasteiger partial charge in [-0.05, 0) is 24.5 Å². The maximum atomic E-state index is 12.7. The van der Waals surface area contributed by atoms with E-state index in [0.717, 1.165) is 44.0 Å². The summed E-state index contributed by atoms with van der Waals surface area (Å²) >= 11 is 0. The van der Waals surface area contributed by atoms with Crippen LogP contribution in [0.4, 0.5) is 13.2 Å². The normalized spacial score (nSPS) is 16.2. The first-order chi connectivity index (χ1) is 16.0. The number of benzene rings is 1. The fourth-order valence-corrected chi connectivity index (χ4v) is 3.28. The number of aromatic nitrogens is 2. The molecule has 9 nitrogen and oxygen atoms in total. The number of carbonyl (C=O) groups is 2. The Morgan fingerprint density at radius 1 is 1.24 bits per heavy atom. The highest BCUT2D eigenvalue weighted by atomic mass is 19.4. The average Bonchev–Trinajstić information content (AvgIpc) is 3.18. The summed E-state index contributed by atoms with van der Waals surface area (Å²) in [5, 5.41) is 14.4. The Labute approximate surface area is 195 Å². The number of rotatable bonds is 7. The number of nitrogens with zero attached hydrogens (tertiary/aromatic N) is 3. The molecule has 0 aliphatic carbocycles. The van der Waals surface area contributed by atoms with Gasteiger partial charge in [0, 0.05) is 32.9 Å². The van der Waals surface area contributed by atoms with Crippen LogP contribution in [-0.4, -0.2) is 76.7 Å². The van der Waals surface area contributed by atoms with Gasteiger partial charge in [0.05, 0.1) is 31.5 Å². The van der Waals surface area contributed by atoms with Gasteiger partial charge in [-0.25, -0.2) is 4.79 Å². The Morgan fingerprint density at radius 2 is 1.82 bits per heavy atom. The first kappa shape index (κ1) is 27.3. The van der Waals surface area contributed by atoms with Crippen molar-refractivity contribution in [3.05, 3.63) is 53.3 Å². The average molecular weight is 486 g/mol. The maximum Gasteiger partial charge on any atom is 0.490 e. The van der Waals surface area contributed by atoms with Crippen molar-refractivity contribution < 1.29 is 32.6 Å². The summed E-state index contributed by atoms with van der Waals surface area (Å²) < 4.78 is 38.9. The molecule has 0 saturated carbocycles. The summed E-state index contributed by atoms with van der Waals surface area (Å²) in [6.45, 7) is 6.02. The van der Waals surface area contributed by atoms with Crippen molar-refractivity contribution in [3.63, 3.8) is 0 Å². The second-order valence-electron chi connectivity index (χ2n) is 8.02. The van der Waals surface area contributed by atoms with Crippen LogP contribution in [0.2, 0.25) is 0 Å². The number of carboxylic acids is 1. The molecule has 2 heterocycles. The zero-order valence-corrected chi connectivity index (χ0v) is 19.1. The molecule has 34 heavy (non-hydrogen) atoms. The number of nitrogens with two attached hydrogens (primary N) is 1. The van der Waals surface area contributed by atoms with Gasteiger partial charge in [0.15, 0.2) is 0 Å². The third-order valence-corrected chi connectivity index (χ3v) is 5.13. The van der Waals surface area contributed by atoms with Crippen LogP contribution in [0.1, 0.15) is 22.7 Å². The van der Waals surface area contributed by atoms with Crippen molar-refractivity contribution in [1.82, 2.24) is 20.0 Å². The minimum absolute atomic E-state index is 0.101. The lowest BCUT2D eigenvalue weighted by atomic mass is 10.0. The molecule has 0 spiro atoms. The van der Waals surface area contributed by atoms with Crippen molar-refractivity contribution in [3.8, 4) is 0 Å². The topological polar surface area (TPSA) is 123 Å². The molecule has 2 unspecified atom stereocenters. The number of ether oxygens (including phenoxy) is 1. The predicted octanol–water partition coefficient (Wildman–Crippen LogP) is 1.42. The van der Waals surface area contributed by atoms with Crippen LogP contribution in [0.3, 0.4) is 0 Å². The van der Waals surface area contributed by atoms with Crippen LogP contribution in [0.5, 0.6) is 0 Å². The van der Waals surface area contributed by atoms with E-state index >= 15 is 0 Å². The number of aryl methyl sites for hydroxylation is 2. The van der Waals surface area contributed by atoms with Gasteiger partial charge in [-0.15, -0.1) is 0 Å². The number of aliphatic carboxylic acids is 1. The van der Waals surface area contributed by atoms with Crippen LogP contribution in [0.15, 0.2) is 36.7 Å². The van der Waals surface area contributed by atoms with Gasteiger partial charge in [0.25, 0.3) is 0 Å². The number of hydrogen-bond acceptors (Lipinski definition) is 6. The second kappa shape index (κ2) is 12.5. The molecule has 0 bridgehead atoms. The summed E-state index contributed by atoms with van der Waals surface area (Å²) in [4.78, 5) is 24.0. The van der Waals surface area contributed by atoms with E-state index in [-0.39, 0.29) is 11.9 Å². The van der Waals surface area contributed by atoms with Crippen LogP contribution in [0.25, 0.3) is 0 Å². The highest BCUT2D eigenvalue weighted by Gasteiger charge is 2.38. The van der Waals surface area contributed by atoms with Crippen molar-refractivity contribution in [2.75, 3.05) is 32.8 Å². The summed E-state index contributed by atoms with van der Waals surface area (Å²) in [7, 11) is 1.85. The number of alkyl halides is 3. The minimum Gasteiger partial charge on any atom is -0.475 e. The van der Waals surface area contributed by atoms with E-state index in [1.807, 2.05) is 13.2 Å². The number of morpholine rings is 1. The quantitative estimate of drug-likeness (QED) is 0.542. The van der Waals surface area contributed by atoms with Gasteiger partial charge < -0.3 is 20.9 Å². The first-order valence-corrected chi connectivity index (χ1v) is 10.7. The Hall–Kier alpha value is -2.96. The SMILES string of the molecule is Cc1ccc(C(CN2CCOCC2)NC(=O)C(N)Cc2cnn(C)c2)cc1.O=C(O)C(F)(F)F. The van der Waals surface area contributed by atoms with Crippen LogP contribution < -0.4 is 11.1 Å². The molecule has 0 radical (unpaired) electrons. The summed E-state index contributed by atoms with van der Waals surface area (Å²) in [5.74, 6) is -2.90. The second-order valence-corrected chi connectivity index (χ2v) is 8.02. The highest BCUT2D eigenvalue weighted by Crippen LogP contribution is 2.17. The molecule has 1 fully saturated rings. The molecule has 4 N–H and O–H groups in total. The van der Waals surface area contributed by atoms with Gasteiger partial charge in [-0.1, -0.05) is 29.8 Å². The Bertz CT molecular complexity index is 927. The lowest BCUT2D eigenvalue weighted by Gasteiger charge is -2.31. The first-order valence-electron chi connectivity index (χ1n) is 10.7. The van der Waals surface area contributed by atoms with E-state index < -0.39 is 18.2 Å². The largest absolute Gasteiger partial charge is 0.490 e. The zero-order chi connectivity index (χ0) is 25.3. The lowest BCUT2D eigenvalue weighted by molar-refractivity contribution is -0.192. The van der Waals surface area contributed by atoms with Crippen molar-refractivity contribution in [2.24, 2.45) is 12.8 Å². The van der Waals surface area contributed by atoms with Crippen LogP contribution >= 0.6 is 0 Å². The third kappa shape index (κ3) is 9.12. The molecule has 1 amide bonds. The molecule has 188 valence electrons. The number of carbonyl (C=O) groups excluding carboxylic acids is 1. The molecule has 1 aliphatic rings. The van der Waals surface area contributed by atoms with E-state index in [4.69, 9.17) is 20.4 Å². The minimum atomic E-state index is -5.08. The Morgan fingerprint density at radius 3 is 2.32 bits per heavy atom. The number of amides is 1. The lowest BCUT2D eigenvalue weighted by Crippen LogP contribution is -2.47. The van der Waals surface area contributed by atoms with Crippen molar-refractivity contribution in [1.29, 1.82) is 0 Å². The molecular weight excluding hydrogens is 455 g/mol. The van der Waals surface area contributed by atoms with Crippen molar-refractivity contribution >= 4 is 11.9 Å². The van der Waals surface area contributed by atoms with Crippen molar-refractivity contribution in [2.45, 2.75) is 31.6 Å². The van der Waals surface area contributed by atoms with Crippen LogP contribution in [-0.2, 0) is 27.8 Å². The van der Waals surface area contributed by atoms with E-state index in [2.05, 4.69) is 46.5 Å². The summed E-state index contributed by atoms with van der Waals surface area (Å²) in [5.41, 5.74) is 9.41. The standard InChI is InChI=1S/C20H29N5O2.C2HF3O2/c1-15-3-5-17(6-4-15)19(14-25-7-9-27-10-8-25)23-20(26)18(21)11-16-12-22-24(2)13-16;3-2(4,5)1(6)7/h3-6,12-13,18-19H,7-11,14,21H2,1-2H3,(H,23,26);(H,6,7). The molecule has 2 atom stereocenters. The molecule has 1 saturated heterocycles. The molecule has 1 aliphatic heterocycles. The van der Waals surface area contributed by atoms with E-state index in [1.54, 1.807) is 10.9 Å². The van der Waals surface area contributed by atoms with Gasteiger partial charge in [0.1, 0.15) is 0 Å². The number of halogens is 3. The summed E-state index contributed by atoms with van der Waals surface area (Å²) in [6, 6.07) is 7.59. The molecular formula is C22H30F3N5O4. The van der Waals surface area contributed by atoms with Crippen LogP contribution in [0, 0.1) is 6.92 Å². The van der Waals surface area contributed by atoms with E-state index in [0.29, 0.717) is 6.42 Å². The van der Waals surface area contributed by atoms with E-state index in [1.165, 1.54) is 5.56 Å². The maximum absolute atomic E-state index is 12.7. The zero-order valence-electron chi connectivity index (χ0n) is 19.1. The predicted molar refractivity (Wildman–Crippen MR) is 118 cm³/mol. The molecule has 3 rings (SSSR count). The number of carboxylic acid groups (broad SMARTS) is 1.